The number of hydrogen-bond donors (Lipinski definition) is 1. The van der Waals surface area contributed by atoms with Crippen molar-refractivity contribution < 1.29 is 9.63 Å². The highest BCUT2D eigenvalue weighted by atomic mass is 16.6. The third kappa shape index (κ3) is 2.82. The van der Waals surface area contributed by atoms with Crippen LogP contribution >= 0.6 is 0 Å². The fourth-order valence-electron chi connectivity index (χ4n) is 0.907. The van der Waals surface area contributed by atoms with Crippen LogP contribution in [0.5, 0.6) is 0 Å². The minimum atomic E-state index is -0.00519. The first-order valence-electron chi connectivity index (χ1n) is 3.64. The van der Waals surface area contributed by atoms with E-state index < -0.39 is 0 Å². The van der Waals surface area contributed by atoms with Gasteiger partial charge in [-0.1, -0.05) is 12.8 Å². The Hall–Kier alpha value is -0.570. The van der Waals surface area contributed by atoms with E-state index in [1.165, 1.54) is 20.0 Å². The van der Waals surface area contributed by atoms with Crippen LogP contribution in [0.15, 0.2) is 0 Å². The van der Waals surface area contributed by atoms with Gasteiger partial charge in [0.15, 0.2) is 0 Å². The molecular formula is C7H13NO2. The Labute approximate surface area is 60.7 Å². The predicted molar refractivity (Wildman–Crippen MR) is 37.1 cm³/mol. The minimum absolute atomic E-state index is 0.00519. The number of nitrogens with one attached hydrogen (secondary N) is 1. The van der Waals surface area contributed by atoms with Gasteiger partial charge in [-0.05, 0) is 12.3 Å². The van der Waals surface area contributed by atoms with Crippen LogP contribution in [0.25, 0.3) is 0 Å². The van der Waals surface area contributed by atoms with Crippen LogP contribution < -0.4 is 5.48 Å². The summed E-state index contributed by atoms with van der Waals surface area (Å²) in [6.07, 6.45) is 4.24. The lowest BCUT2D eigenvalue weighted by Crippen LogP contribution is -2.21. The molecule has 0 atom stereocenters. The zero-order valence-electron chi connectivity index (χ0n) is 6.22. The molecule has 0 aromatic heterocycles. The van der Waals surface area contributed by atoms with Crippen molar-refractivity contribution in [2.75, 3.05) is 7.11 Å². The molecular weight excluding hydrogens is 130 g/mol. The Balaban J connectivity index is 1.94. The van der Waals surface area contributed by atoms with Crippen LogP contribution in [0.3, 0.4) is 0 Å². The Kier molecular flexibility index (Phi) is 2.68. The maximum atomic E-state index is 10.7. The molecule has 1 N–H and O–H groups in total. The molecule has 0 unspecified atom stereocenters. The molecule has 0 aromatic carbocycles. The molecule has 10 heavy (non-hydrogen) atoms. The van der Waals surface area contributed by atoms with E-state index in [9.17, 15) is 4.79 Å². The van der Waals surface area contributed by atoms with Gasteiger partial charge in [-0.15, -0.1) is 0 Å². The topological polar surface area (TPSA) is 38.3 Å². The zero-order chi connectivity index (χ0) is 7.40. The minimum Gasteiger partial charge on any atom is -0.277 e. The highest BCUT2D eigenvalue weighted by Gasteiger charge is 2.21. The molecule has 3 heteroatoms. The van der Waals surface area contributed by atoms with Gasteiger partial charge in [-0.25, -0.2) is 5.48 Å². The van der Waals surface area contributed by atoms with Gasteiger partial charge in [0.05, 0.1) is 7.11 Å². The van der Waals surface area contributed by atoms with Crippen molar-refractivity contribution in [3.05, 3.63) is 0 Å². The van der Waals surface area contributed by atoms with Crippen LogP contribution in [0, 0.1) is 5.92 Å². The molecule has 1 aliphatic carbocycles. The second kappa shape index (κ2) is 3.56. The van der Waals surface area contributed by atoms with Gasteiger partial charge in [-0.3, -0.25) is 9.63 Å². The Morgan fingerprint density at radius 2 is 2.40 bits per heavy atom. The molecule has 3 nitrogen and oxygen atoms in total. The number of amides is 1. The molecule has 1 saturated carbocycles. The summed E-state index contributed by atoms with van der Waals surface area (Å²) >= 11 is 0. The molecule has 1 fully saturated rings. The molecule has 1 amide bonds. The summed E-state index contributed by atoms with van der Waals surface area (Å²) in [6.45, 7) is 0. The largest absolute Gasteiger partial charge is 0.277 e. The number of rotatable bonds is 4. The molecule has 0 radical (unpaired) electrons. The summed E-state index contributed by atoms with van der Waals surface area (Å²) < 4.78 is 0. The summed E-state index contributed by atoms with van der Waals surface area (Å²) in [5, 5.41) is 0. The Morgan fingerprint density at radius 3 is 2.90 bits per heavy atom. The molecule has 0 saturated heterocycles. The van der Waals surface area contributed by atoms with Crippen molar-refractivity contribution in [2.24, 2.45) is 5.92 Å². The second-order valence-corrected chi connectivity index (χ2v) is 2.71. The number of hydrogen-bond acceptors (Lipinski definition) is 2. The fraction of sp³-hybridized carbons (Fsp3) is 0.857. The van der Waals surface area contributed by atoms with Crippen LogP contribution in [0.2, 0.25) is 0 Å². The maximum absolute atomic E-state index is 10.7. The fourth-order valence-corrected chi connectivity index (χ4v) is 0.907. The number of hydroxylamine groups is 1. The van der Waals surface area contributed by atoms with Gasteiger partial charge >= 0.3 is 0 Å². The average molecular weight is 143 g/mol. The van der Waals surface area contributed by atoms with Crippen LogP contribution in [0.1, 0.15) is 25.7 Å². The molecule has 1 aliphatic rings. The lowest BCUT2D eigenvalue weighted by Gasteiger charge is -1.99. The van der Waals surface area contributed by atoms with Crippen molar-refractivity contribution in [3.8, 4) is 0 Å². The van der Waals surface area contributed by atoms with Gasteiger partial charge in [0.2, 0.25) is 5.91 Å². The monoisotopic (exact) mass is 143 g/mol. The summed E-state index contributed by atoms with van der Waals surface area (Å²) in [5.41, 5.74) is 2.29. The van der Waals surface area contributed by atoms with Gasteiger partial charge in [0.25, 0.3) is 0 Å². The number of carbonyl (C=O) groups is 1. The molecule has 0 spiro atoms. The highest BCUT2D eigenvalue weighted by molar-refractivity contribution is 5.74. The van der Waals surface area contributed by atoms with Crippen molar-refractivity contribution in [1.82, 2.24) is 5.48 Å². The van der Waals surface area contributed by atoms with Crippen molar-refractivity contribution >= 4 is 5.91 Å². The number of carbonyl (C=O) groups excluding carboxylic acids is 1. The van der Waals surface area contributed by atoms with Gasteiger partial charge in [0.1, 0.15) is 0 Å². The standard InChI is InChI=1S/C7H13NO2/c1-10-8-7(9)5-4-6-2-3-6/h6H,2-5H2,1H3,(H,8,9). The van der Waals surface area contributed by atoms with Gasteiger partial charge < -0.3 is 0 Å². The van der Waals surface area contributed by atoms with E-state index in [4.69, 9.17) is 0 Å². The van der Waals surface area contributed by atoms with E-state index in [2.05, 4.69) is 10.3 Å². The Morgan fingerprint density at radius 1 is 1.70 bits per heavy atom. The first-order chi connectivity index (χ1) is 4.83. The van der Waals surface area contributed by atoms with Gasteiger partial charge in [0, 0.05) is 6.42 Å². The lowest BCUT2D eigenvalue weighted by molar-refractivity contribution is -0.131. The van der Waals surface area contributed by atoms with E-state index in [1.54, 1.807) is 0 Å². The first kappa shape index (κ1) is 7.54. The summed E-state index contributed by atoms with van der Waals surface area (Å²) in [5.74, 6) is 0.817. The smallest absolute Gasteiger partial charge is 0.243 e. The van der Waals surface area contributed by atoms with Crippen molar-refractivity contribution in [2.45, 2.75) is 25.7 Å². The maximum Gasteiger partial charge on any atom is 0.243 e. The molecule has 0 heterocycles. The van der Waals surface area contributed by atoms with E-state index >= 15 is 0 Å². The quantitative estimate of drug-likeness (QED) is 0.592. The zero-order valence-corrected chi connectivity index (χ0v) is 6.22. The van der Waals surface area contributed by atoms with Crippen LogP contribution in [0.4, 0.5) is 0 Å². The third-order valence-electron chi connectivity index (χ3n) is 1.69. The van der Waals surface area contributed by atoms with E-state index in [0.29, 0.717) is 6.42 Å². The Bertz CT molecular complexity index is 121. The summed E-state index contributed by atoms with van der Waals surface area (Å²) in [4.78, 5) is 15.2. The lowest BCUT2D eigenvalue weighted by atomic mass is 10.2. The summed E-state index contributed by atoms with van der Waals surface area (Å²) in [7, 11) is 1.45. The molecule has 0 aliphatic heterocycles. The molecule has 0 bridgehead atoms. The van der Waals surface area contributed by atoms with E-state index in [1.807, 2.05) is 0 Å². The average Bonchev–Trinajstić information content (AvgIpc) is 2.67. The SMILES string of the molecule is CONC(=O)CCC1CC1. The molecule has 1 rings (SSSR count). The van der Waals surface area contributed by atoms with Crippen molar-refractivity contribution in [1.29, 1.82) is 0 Å². The second-order valence-electron chi connectivity index (χ2n) is 2.71. The van der Waals surface area contributed by atoms with E-state index in [-0.39, 0.29) is 5.91 Å². The third-order valence-corrected chi connectivity index (χ3v) is 1.69. The highest BCUT2D eigenvalue weighted by Crippen LogP contribution is 2.33. The predicted octanol–water partition coefficient (Wildman–Crippen LogP) is 0.854. The molecule has 58 valence electrons. The normalized spacial score (nSPS) is 16.9. The van der Waals surface area contributed by atoms with Gasteiger partial charge in [-0.2, -0.15) is 0 Å². The molecule has 0 aromatic rings. The van der Waals surface area contributed by atoms with E-state index in [0.717, 1.165) is 12.3 Å². The summed E-state index contributed by atoms with van der Waals surface area (Å²) in [6, 6.07) is 0. The van der Waals surface area contributed by atoms with Crippen LogP contribution in [-0.4, -0.2) is 13.0 Å². The van der Waals surface area contributed by atoms with Crippen molar-refractivity contribution in [3.63, 3.8) is 0 Å². The first-order valence-corrected chi connectivity index (χ1v) is 3.64. The van der Waals surface area contributed by atoms with Crippen LogP contribution in [-0.2, 0) is 9.63 Å².